The molecule has 0 bridgehead atoms. The van der Waals surface area contributed by atoms with E-state index in [9.17, 15) is 0 Å². The highest BCUT2D eigenvalue weighted by molar-refractivity contribution is 8.00. The lowest BCUT2D eigenvalue weighted by atomic mass is 10.1. The minimum absolute atomic E-state index is 0.153. The SMILES string of the molecule is NCCn1nc2c3c(c(NCCNCCO)ccc31)Sc1cccnc1-2. The van der Waals surface area contributed by atoms with Gasteiger partial charge in [-0.1, -0.05) is 11.8 Å². The number of nitrogens with one attached hydrogen (secondary N) is 2. The molecule has 7 nitrogen and oxygen atoms in total. The zero-order valence-corrected chi connectivity index (χ0v) is 15.2. The summed E-state index contributed by atoms with van der Waals surface area (Å²) in [6, 6.07) is 8.25. The van der Waals surface area contributed by atoms with Gasteiger partial charge in [-0.3, -0.25) is 9.67 Å². The third kappa shape index (κ3) is 3.05. The van der Waals surface area contributed by atoms with E-state index in [-0.39, 0.29) is 6.61 Å². The van der Waals surface area contributed by atoms with Crippen molar-refractivity contribution in [2.24, 2.45) is 5.73 Å². The van der Waals surface area contributed by atoms with Crippen molar-refractivity contribution in [3.8, 4) is 11.4 Å². The van der Waals surface area contributed by atoms with Gasteiger partial charge in [-0.05, 0) is 24.3 Å². The van der Waals surface area contributed by atoms with Crippen LogP contribution in [0.2, 0.25) is 0 Å². The second-order valence-corrected chi connectivity index (χ2v) is 7.10. The molecule has 5 N–H and O–H groups in total. The van der Waals surface area contributed by atoms with E-state index in [1.54, 1.807) is 11.8 Å². The first-order valence-electron chi connectivity index (χ1n) is 8.75. The first-order chi connectivity index (χ1) is 12.8. The highest BCUT2D eigenvalue weighted by Gasteiger charge is 2.26. The van der Waals surface area contributed by atoms with Crippen molar-refractivity contribution in [3.05, 3.63) is 30.5 Å². The minimum atomic E-state index is 0.153. The van der Waals surface area contributed by atoms with Crippen LogP contribution in [0, 0.1) is 0 Å². The maximum Gasteiger partial charge on any atom is 0.121 e. The molecule has 1 aliphatic heterocycles. The number of rotatable bonds is 8. The van der Waals surface area contributed by atoms with Gasteiger partial charge in [-0.25, -0.2) is 0 Å². The highest BCUT2D eigenvalue weighted by atomic mass is 32.2. The quantitative estimate of drug-likeness (QED) is 0.349. The number of aliphatic hydroxyl groups excluding tert-OH is 1. The normalized spacial score (nSPS) is 12.4. The molecular weight excluding hydrogens is 348 g/mol. The van der Waals surface area contributed by atoms with Crippen LogP contribution in [0.4, 0.5) is 5.69 Å². The van der Waals surface area contributed by atoms with Gasteiger partial charge in [0.25, 0.3) is 0 Å². The van der Waals surface area contributed by atoms with Crippen LogP contribution in [0.25, 0.3) is 22.3 Å². The molecule has 0 atom stereocenters. The lowest BCUT2D eigenvalue weighted by molar-refractivity contribution is 0.293. The second-order valence-electron chi connectivity index (χ2n) is 6.05. The molecule has 8 heteroatoms. The van der Waals surface area contributed by atoms with Crippen molar-refractivity contribution in [3.63, 3.8) is 0 Å². The number of pyridine rings is 1. The summed E-state index contributed by atoms with van der Waals surface area (Å²) in [6.07, 6.45) is 1.81. The number of benzene rings is 1. The summed E-state index contributed by atoms with van der Waals surface area (Å²) in [4.78, 5) is 6.86. The molecule has 0 radical (unpaired) electrons. The first-order valence-corrected chi connectivity index (χ1v) is 9.57. The number of anilines is 1. The number of fused-ring (bicyclic) bond motifs is 2. The summed E-state index contributed by atoms with van der Waals surface area (Å²) < 4.78 is 1.98. The van der Waals surface area contributed by atoms with Crippen molar-refractivity contribution in [1.82, 2.24) is 20.1 Å². The standard InChI is InChI=1S/C18H22N6OS/c19-5-10-24-13-4-3-12(21-8-7-20-9-11-25)18-15(13)17(23-24)16-14(26-18)2-1-6-22-16/h1-4,6,20-21,25H,5,7-11,19H2. The van der Waals surface area contributed by atoms with E-state index in [4.69, 9.17) is 15.9 Å². The lowest BCUT2D eigenvalue weighted by Crippen LogP contribution is -2.25. The van der Waals surface area contributed by atoms with Crippen LogP contribution in [0.15, 0.2) is 40.3 Å². The maximum absolute atomic E-state index is 8.85. The summed E-state index contributed by atoms with van der Waals surface area (Å²) in [6.45, 7) is 3.56. The number of nitrogens with two attached hydrogens (primary N) is 1. The Morgan fingerprint density at radius 3 is 2.92 bits per heavy atom. The maximum atomic E-state index is 8.85. The van der Waals surface area contributed by atoms with Crippen LogP contribution in [0.3, 0.4) is 0 Å². The lowest BCUT2D eigenvalue weighted by Gasteiger charge is -2.18. The van der Waals surface area contributed by atoms with Gasteiger partial charge >= 0.3 is 0 Å². The number of aromatic nitrogens is 3. The van der Waals surface area contributed by atoms with E-state index >= 15 is 0 Å². The predicted octanol–water partition coefficient (Wildman–Crippen LogP) is 1.52. The third-order valence-corrected chi connectivity index (χ3v) is 5.50. The zero-order valence-electron chi connectivity index (χ0n) is 14.4. The van der Waals surface area contributed by atoms with Crippen LogP contribution in [0.1, 0.15) is 0 Å². The number of hydrogen-bond donors (Lipinski definition) is 4. The van der Waals surface area contributed by atoms with Gasteiger partial charge in [0.15, 0.2) is 0 Å². The molecule has 3 heterocycles. The average molecular weight is 370 g/mol. The molecule has 0 saturated carbocycles. The Morgan fingerprint density at radius 1 is 1.15 bits per heavy atom. The molecule has 0 fully saturated rings. The fourth-order valence-corrected chi connectivity index (χ4v) is 4.36. The number of nitrogens with zero attached hydrogens (tertiary/aromatic N) is 3. The van der Waals surface area contributed by atoms with Gasteiger partial charge in [0.2, 0.25) is 0 Å². The monoisotopic (exact) mass is 370 g/mol. The molecule has 4 rings (SSSR count). The fraction of sp³-hybridized carbons (Fsp3) is 0.333. The Bertz CT molecular complexity index is 925. The number of hydrogen-bond acceptors (Lipinski definition) is 7. The molecule has 0 amide bonds. The van der Waals surface area contributed by atoms with Crippen molar-refractivity contribution >= 4 is 28.4 Å². The van der Waals surface area contributed by atoms with E-state index in [0.717, 1.165) is 46.0 Å². The van der Waals surface area contributed by atoms with Crippen molar-refractivity contribution in [1.29, 1.82) is 0 Å². The number of aliphatic hydroxyl groups is 1. The van der Waals surface area contributed by atoms with E-state index in [2.05, 4.69) is 33.8 Å². The van der Waals surface area contributed by atoms with Crippen LogP contribution in [-0.2, 0) is 6.54 Å². The van der Waals surface area contributed by atoms with E-state index in [0.29, 0.717) is 19.6 Å². The highest BCUT2D eigenvalue weighted by Crippen LogP contribution is 2.49. The molecule has 3 aromatic rings. The van der Waals surface area contributed by atoms with Gasteiger partial charge in [0.1, 0.15) is 11.4 Å². The van der Waals surface area contributed by atoms with Crippen LogP contribution < -0.4 is 16.4 Å². The minimum Gasteiger partial charge on any atom is -0.395 e. The second kappa shape index (κ2) is 7.63. The Morgan fingerprint density at radius 2 is 2.08 bits per heavy atom. The molecule has 2 aromatic heterocycles. The summed E-state index contributed by atoms with van der Waals surface area (Å²) in [5.41, 5.74) is 9.82. The average Bonchev–Trinajstić information content (AvgIpc) is 3.03. The molecule has 1 aliphatic rings. The van der Waals surface area contributed by atoms with Gasteiger partial charge in [-0.2, -0.15) is 5.10 Å². The van der Waals surface area contributed by atoms with Crippen LogP contribution >= 0.6 is 11.8 Å². The van der Waals surface area contributed by atoms with Gasteiger partial charge in [0, 0.05) is 53.2 Å². The molecule has 136 valence electrons. The molecule has 0 unspecified atom stereocenters. The summed E-state index contributed by atoms with van der Waals surface area (Å²) in [5.74, 6) is 0. The molecule has 0 spiro atoms. The topological polar surface area (TPSA) is 101 Å². The summed E-state index contributed by atoms with van der Waals surface area (Å²) in [5, 5.41) is 21.5. The van der Waals surface area contributed by atoms with E-state index in [1.807, 2.05) is 16.9 Å². The van der Waals surface area contributed by atoms with Crippen LogP contribution in [0.5, 0.6) is 0 Å². The Hall–Kier alpha value is -2.13. The van der Waals surface area contributed by atoms with Gasteiger partial charge in [0.05, 0.1) is 18.7 Å². The van der Waals surface area contributed by atoms with Gasteiger partial charge < -0.3 is 21.5 Å². The van der Waals surface area contributed by atoms with Crippen molar-refractivity contribution in [2.75, 3.05) is 38.1 Å². The molecule has 26 heavy (non-hydrogen) atoms. The van der Waals surface area contributed by atoms with Gasteiger partial charge in [-0.15, -0.1) is 0 Å². The fourth-order valence-electron chi connectivity index (χ4n) is 3.19. The summed E-state index contributed by atoms with van der Waals surface area (Å²) in [7, 11) is 0. The Labute approximate surface area is 156 Å². The molecule has 0 saturated heterocycles. The van der Waals surface area contributed by atoms with E-state index in [1.165, 1.54) is 4.90 Å². The first kappa shape index (κ1) is 17.3. The molecular formula is C18H22N6OS. The van der Waals surface area contributed by atoms with E-state index < -0.39 is 0 Å². The Kier molecular flexibility index (Phi) is 5.07. The molecule has 1 aromatic carbocycles. The van der Waals surface area contributed by atoms with Crippen molar-refractivity contribution < 1.29 is 5.11 Å². The summed E-state index contributed by atoms with van der Waals surface area (Å²) >= 11 is 1.73. The zero-order chi connectivity index (χ0) is 17.9. The smallest absolute Gasteiger partial charge is 0.121 e. The third-order valence-electron chi connectivity index (χ3n) is 4.33. The van der Waals surface area contributed by atoms with Crippen LogP contribution in [-0.4, -0.2) is 52.7 Å². The predicted molar refractivity (Wildman–Crippen MR) is 105 cm³/mol. The van der Waals surface area contributed by atoms with Crippen molar-refractivity contribution in [2.45, 2.75) is 16.3 Å². The molecule has 0 aliphatic carbocycles. The largest absolute Gasteiger partial charge is 0.395 e. The Balaban J connectivity index is 1.74.